The van der Waals surface area contributed by atoms with E-state index in [1.807, 2.05) is 44.2 Å². The van der Waals surface area contributed by atoms with E-state index in [9.17, 15) is 5.11 Å². The van der Waals surface area contributed by atoms with Crippen LogP contribution in [0, 0.1) is 0 Å². The van der Waals surface area contributed by atoms with E-state index >= 15 is 0 Å². The molecule has 2 aromatic rings. The van der Waals surface area contributed by atoms with E-state index in [1.165, 1.54) is 0 Å². The minimum Gasteiger partial charge on any atom is -0.504 e. The molecule has 0 unspecified atom stereocenters. The van der Waals surface area contributed by atoms with Gasteiger partial charge in [0.1, 0.15) is 0 Å². The second kappa shape index (κ2) is 11.9. The Morgan fingerprint density at radius 3 is 2.62 bits per heavy atom. The SMILES string of the molecule is CCNC(=NCc1ccc(O)c(OCC)c1)NCc1ccccc1Cl.I. The molecule has 0 aliphatic rings. The molecule has 5 nitrogen and oxygen atoms in total. The van der Waals surface area contributed by atoms with E-state index in [4.69, 9.17) is 16.3 Å². The fraction of sp³-hybridized carbons (Fsp3) is 0.316. The van der Waals surface area contributed by atoms with Gasteiger partial charge in [0.25, 0.3) is 0 Å². The van der Waals surface area contributed by atoms with Crippen molar-refractivity contribution < 1.29 is 9.84 Å². The molecule has 0 atom stereocenters. The minimum atomic E-state index is 0. The van der Waals surface area contributed by atoms with Gasteiger partial charge in [0.15, 0.2) is 17.5 Å². The number of hydrogen-bond donors (Lipinski definition) is 3. The highest BCUT2D eigenvalue weighted by atomic mass is 127. The lowest BCUT2D eigenvalue weighted by Gasteiger charge is -2.12. The van der Waals surface area contributed by atoms with Gasteiger partial charge in [-0.05, 0) is 43.2 Å². The Balaban J connectivity index is 0.00000338. The average Bonchev–Trinajstić information content (AvgIpc) is 2.61. The maximum absolute atomic E-state index is 9.77. The van der Waals surface area contributed by atoms with Crippen molar-refractivity contribution in [3.63, 3.8) is 0 Å². The molecule has 7 heteroatoms. The second-order valence-corrected chi connectivity index (χ2v) is 5.78. The molecule has 0 aliphatic carbocycles. The van der Waals surface area contributed by atoms with Crippen LogP contribution in [-0.4, -0.2) is 24.2 Å². The van der Waals surface area contributed by atoms with E-state index in [2.05, 4.69) is 15.6 Å². The van der Waals surface area contributed by atoms with Gasteiger partial charge in [-0.25, -0.2) is 4.99 Å². The first-order valence-corrected chi connectivity index (χ1v) is 8.72. The van der Waals surface area contributed by atoms with Gasteiger partial charge >= 0.3 is 0 Å². The van der Waals surface area contributed by atoms with Crippen LogP contribution < -0.4 is 15.4 Å². The number of nitrogens with one attached hydrogen (secondary N) is 2. The lowest BCUT2D eigenvalue weighted by atomic mass is 10.2. The molecule has 3 N–H and O–H groups in total. The summed E-state index contributed by atoms with van der Waals surface area (Å²) in [6.07, 6.45) is 0. The fourth-order valence-corrected chi connectivity index (χ4v) is 2.46. The van der Waals surface area contributed by atoms with Crippen molar-refractivity contribution >= 4 is 41.5 Å². The number of phenols is 1. The van der Waals surface area contributed by atoms with Crippen molar-refractivity contribution in [2.45, 2.75) is 26.9 Å². The Labute approximate surface area is 176 Å². The third-order valence-electron chi connectivity index (χ3n) is 3.49. The third-order valence-corrected chi connectivity index (χ3v) is 3.86. The minimum absolute atomic E-state index is 0. The lowest BCUT2D eigenvalue weighted by molar-refractivity contribution is 0.318. The standard InChI is InChI=1S/C19H24ClN3O2.HI/c1-3-21-19(23-13-15-7-5-6-8-16(15)20)22-12-14-9-10-17(24)18(11-14)25-4-2;/h5-11,24H,3-4,12-13H2,1-2H3,(H2,21,22,23);1H. The normalized spacial score (nSPS) is 10.8. The predicted molar refractivity (Wildman–Crippen MR) is 118 cm³/mol. The summed E-state index contributed by atoms with van der Waals surface area (Å²) in [4.78, 5) is 4.57. The summed E-state index contributed by atoms with van der Waals surface area (Å²) < 4.78 is 5.41. The third kappa shape index (κ3) is 6.92. The van der Waals surface area contributed by atoms with Crippen LogP contribution in [0.4, 0.5) is 0 Å². The van der Waals surface area contributed by atoms with Gasteiger partial charge in [0.2, 0.25) is 0 Å². The Morgan fingerprint density at radius 1 is 1.15 bits per heavy atom. The molecule has 0 fully saturated rings. The number of ether oxygens (including phenoxy) is 1. The highest BCUT2D eigenvalue weighted by Crippen LogP contribution is 2.27. The zero-order valence-corrected chi connectivity index (χ0v) is 18.0. The van der Waals surface area contributed by atoms with Crippen LogP contribution in [0.5, 0.6) is 11.5 Å². The smallest absolute Gasteiger partial charge is 0.191 e. The first-order valence-electron chi connectivity index (χ1n) is 8.34. The zero-order valence-electron chi connectivity index (χ0n) is 15.0. The van der Waals surface area contributed by atoms with Gasteiger partial charge < -0.3 is 20.5 Å². The zero-order chi connectivity index (χ0) is 18.1. The van der Waals surface area contributed by atoms with Crippen molar-refractivity contribution in [3.8, 4) is 11.5 Å². The van der Waals surface area contributed by atoms with E-state index in [-0.39, 0.29) is 29.7 Å². The van der Waals surface area contributed by atoms with Gasteiger partial charge in [0, 0.05) is 18.1 Å². The summed E-state index contributed by atoms with van der Waals surface area (Å²) >= 11 is 6.18. The van der Waals surface area contributed by atoms with E-state index in [1.54, 1.807) is 12.1 Å². The summed E-state index contributed by atoms with van der Waals surface area (Å²) in [5.74, 6) is 1.32. The number of halogens is 2. The molecule has 0 amide bonds. The topological polar surface area (TPSA) is 65.9 Å². The molecule has 2 aromatic carbocycles. The van der Waals surface area contributed by atoms with Crippen LogP contribution in [0.1, 0.15) is 25.0 Å². The van der Waals surface area contributed by atoms with Crippen LogP contribution in [-0.2, 0) is 13.1 Å². The number of benzene rings is 2. The molecule has 0 spiro atoms. The van der Waals surface area contributed by atoms with Gasteiger partial charge in [-0.3, -0.25) is 0 Å². The highest BCUT2D eigenvalue weighted by molar-refractivity contribution is 14.0. The number of guanidine groups is 1. The molecule has 2 rings (SSSR count). The molecule has 0 radical (unpaired) electrons. The first kappa shape index (κ1) is 22.4. The molecule has 0 aliphatic heterocycles. The number of rotatable bonds is 7. The molecule has 0 heterocycles. The van der Waals surface area contributed by atoms with Crippen LogP contribution in [0.15, 0.2) is 47.5 Å². The molecule has 0 saturated heterocycles. The summed E-state index contributed by atoms with van der Waals surface area (Å²) in [6.45, 7) is 6.21. The largest absolute Gasteiger partial charge is 0.504 e. The molecule has 0 saturated carbocycles. The fourth-order valence-electron chi connectivity index (χ4n) is 2.26. The summed E-state index contributed by atoms with van der Waals surface area (Å²) in [5.41, 5.74) is 1.97. The monoisotopic (exact) mass is 489 g/mol. The maximum atomic E-state index is 9.77. The van der Waals surface area contributed by atoms with Crippen LogP contribution in [0.3, 0.4) is 0 Å². The Hall–Kier alpha value is -1.67. The molecule has 142 valence electrons. The van der Waals surface area contributed by atoms with E-state index < -0.39 is 0 Å². The molecule has 26 heavy (non-hydrogen) atoms. The number of nitrogens with zero attached hydrogens (tertiary/aromatic N) is 1. The van der Waals surface area contributed by atoms with Crippen molar-refractivity contribution in [1.29, 1.82) is 0 Å². The van der Waals surface area contributed by atoms with Gasteiger partial charge in [0.05, 0.1) is 13.2 Å². The highest BCUT2D eigenvalue weighted by Gasteiger charge is 2.05. The molecule has 0 bridgehead atoms. The number of phenolic OH excluding ortho intramolecular Hbond substituents is 1. The Kier molecular flexibility index (Phi) is 10.2. The molecular formula is C19H25ClIN3O2. The van der Waals surface area contributed by atoms with E-state index in [0.29, 0.717) is 31.4 Å². The number of aromatic hydroxyl groups is 1. The van der Waals surface area contributed by atoms with Crippen molar-refractivity contribution in [2.24, 2.45) is 4.99 Å². The number of hydrogen-bond acceptors (Lipinski definition) is 3. The van der Waals surface area contributed by atoms with Crippen molar-refractivity contribution in [1.82, 2.24) is 10.6 Å². The molecule has 0 aromatic heterocycles. The summed E-state index contributed by atoms with van der Waals surface area (Å²) in [7, 11) is 0. The van der Waals surface area contributed by atoms with Crippen LogP contribution in [0.25, 0.3) is 0 Å². The summed E-state index contributed by atoms with van der Waals surface area (Å²) in [6, 6.07) is 13.0. The predicted octanol–water partition coefficient (Wildman–Crippen LogP) is 4.32. The van der Waals surface area contributed by atoms with Crippen molar-refractivity contribution in [2.75, 3.05) is 13.2 Å². The average molecular weight is 490 g/mol. The lowest BCUT2D eigenvalue weighted by Crippen LogP contribution is -2.36. The number of aliphatic imine (C=N–C) groups is 1. The van der Waals surface area contributed by atoms with Crippen LogP contribution >= 0.6 is 35.6 Å². The summed E-state index contributed by atoms with van der Waals surface area (Å²) in [5, 5.41) is 17.0. The maximum Gasteiger partial charge on any atom is 0.191 e. The van der Waals surface area contributed by atoms with Crippen LogP contribution in [0.2, 0.25) is 5.02 Å². The van der Waals surface area contributed by atoms with Gasteiger partial charge in [-0.1, -0.05) is 35.9 Å². The first-order chi connectivity index (χ1) is 12.1. The Morgan fingerprint density at radius 2 is 1.92 bits per heavy atom. The second-order valence-electron chi connectivity index (χ2n) is 5.38. The molecular weight excluding hydrogens is 465 g/mol. The van der Waals surface area contributed by atoms with Crippen molar-refractivity contribution in [3.05, 3.63) is 58.6 Å². The Bertz CT molecular complexity index is 726. The van der Waals surface area contributed by atoms with Gasteiger partial charge in [-0.2, -0.15) is 0 Å². The quantitative estimate of drug-likeness (QED) is 0.308. The van der Waals surface area contributed by atoms with Gasteiger partial charge in [-0.15, -0.1) is 24.0 Å². The van der Waals surface area contributed by atoms with E-state index in [0.717, 1.165) is 22.7 Å².